The van der Waals surface area contributed by atoms with Crippen LogP contribution in [0.3, 0.4) is 0 Å². The lowest BCUT2D eigenvalue weighted by Crippen LogP contribution is -2.51. The maximum Gasteiger partial charge on any atom is 0.303 e. The lowest BCUT2D eigenvalue weighted by atomic mass is 10.1. The molecule has 1 aromatic carbocycles. The van der Waals surface area contributed by atoms with Crippen LogP contribution in [0, 0.1) is 0 Å². The number of carboxylic acids is 1. The summed E-state index contributed by atoms with van der Waals surface area (Å²) in [6, 6.07) is 6.92. The van der Waals surface area contributed by atoms with Crippen LogP contribution in [0.25, 0.3) is 0 Å². The number of nitrogens with one attached hydrogen (secondary N) is 1. The first-order valence-electron chi connectivity index (χ1n) is 8.71. The quantitative estimate of drug-likeness (QED) is 0.542. The van der Waals surface area contributed by atoms with Gasteiger partial charge in [0.25, 0.3) is 0 Å². The number of hydroxylamine groups is 2. The third-order valence-corrected chi connectivity index (χ3v) is 4.12. The standard InChI is InChI=1S/C19H26N2O5/c1-19(2,3)26-21(12-22)16(8-9-17(23)24)18(25)20-15-10-13-6-4-5-7-14(13)11-15/h4-7,12,15-16H,8-11H2,1-3H3,(H,20,25)(H,23,24)/t16-/m0/s1. The lowest BCUT2D eigenvalue weighted by molar-refractivity contribution is -0.232. The maximum absolute atomic E-state index is 12.8. The van der Waals surface area contributed by atoms with Gasteiger partial charge in [-0.25, -0.2) is 5.06 Å². The molecule has 2 rings (SSSR count). The highest BCUT2D eigenvalue weighted by Gasteiger charge is 2.32. The van der Waals surface area contributed by atoms with Crippen LogP contribution in [0.2, 0.25) is 0 Å². The monoisotopic (exact) mass is 362 g/mol. The highest BCUT2D eigenvalue weighted by Crippen LogP contribution is 2.22. The third-order valence-electron chi connectivity index (χ3n) is 4.12. The number of nitrogens with zero attached hydrogens (tertiary/aromatic N) is 1. The van der Waals surface area contributed by atoms with Crippen molar-refractivity contribution in [3.8, 4) is 0 Å². The molecule has 0 fully saturated rings. The highest BCUT2D eigenvalue weighted by molar-refractivity contribution is 5.84. The fourth-order valence-corrected chi connectivity index (χ4v) is 3.07. The van der Waals surface area contributed by atoms with Gasteiger partial charge in [-0.05, 0) is 51.2 Å². The van der Waals surface area contributed by atoms with E-state index in [1.54, 1.807) is 20.8 Å². The number of hydrogen-bond donors (Lipinski definition) is 2. The number of amides is 2. The van der Waals surface area contributed by atoms with E-state index in [1.165, 1.54) is 11.1 Å². The van der Waals surface area contributed by atoms with Gasteiger partial charge in [-0.3, -0.25) is 19.2 Å². The van der Waals surface area contributed by atoms with Crippen molar-refractivity contribution in [2.75, 3.05) is 0 Å². The minimum atomic E-state index is -1.03. The molecule has 2 N–H and O–H groups in total. The van der Waals surface area contributed by atoms with Crippen molar-refractivity contribution >= 4 is 18.3 Å². The van der Waals surface area contributed by atoms with Gasteiger partial charge in [0.1, 0.15) is 6.04 Å². The van der Waals surface area contributed by atoms with E-state index in [9.17, 15) is 14.4 Å². The smallest absolute Gasteiger partial charge is 0.303 e. The zero-order valence-corrected chi connectivity index (χ0v) is 15.4. The normalized spacial score (nSPS) is 15.2. The van der Waals surface area contributed by atoms with E-state index in [2.05, 4.69) is 5.32 Å². The largest absolute Gasteiger partial charge is 0.481 e. The van der Waals surface area contributed by atoms with Gasteiger partial charge < -0.3 is 10.4 Å². The minimum Gasteiger partial charge on any atom is -0.481 e. The first-order valence-corrected chi connectivity index (χ1v) is 8.71. The van der Waals surface area contributed by atoms with Crippen LogP contribution in [0.5, 0.6) is 0 Å². The first-order chi connectivity index (χ1) is 12.2. The Bertz CT molecular complexity index is 643. The fraction of sp³-hybridized carbons (Fsp3) is 0.526. The van der Waals surface area contributed by atoms with Crippen molar-refractivity contribution in [3.05, 3.63) is 35.4 Å². The summed E-state index contributed by atoms with van der Waals surface area (Å²) in [5.74, 6) is -1.43. The van der Waals surface area contributed by atoms with E-state index in [0.717, 1.165) is 17.9 Å². The molecule has 26 heavy (non-hydrogen) atoms. The van der Waals surface area contributed by atoms with Gasteiger partial charge in [-0.15, -0.1) is 0 Å². The first kappa shape index (κ1) is 19.9. The van der Waals surface area contributed by atoms with E-state index in [-0.39, 0.29) is 18.9 Å². The van der Waals surface area contributed by atoms with Crippen LogP contribution in [0.1, 0.15) is 44.7 Å². The Morgan fingerprint density at radius 1 is 1.31 bits per heavy atom. The maximum atomic E-state index is 12.8. The molecule has 0 spiro atoms. The number of hydrogen-bond acceptors (Lipinski definition) is 4. The summed E-state index contributed by atoms with van der Waals surface area (Å²) in [7, 11) is 0. The second kappa shape index (κ2) is 8.31. The Labute approximate surface area is 153 Å². The molecule has 0 saturated carbocycles. The van der Waals surface area contributed by atoms with Crippen molar-refractivity contribution in [1.82, 2.24) is 10.4 Å². The van der Waals surface area contributed by atoms with Gasteiger partial charge in [0, 0.05) is 12.5 Å². The molecular formula is C19H26N2O5. The molecule has 0 unspecified atom stereocenters. The van der Waals surface area contributed by atoms with Crippen LogP contribution in [0.15, 0.2) is 24.3 Å². The predicted molar refractivity (Wildman–Crippen MR) is 95.2 cm³/mol. The zero-order valence-electron chi connectivity index (χ0n) is 15.4. The topological polar surface area (TPSA) is 95.9 Å². The second-order valence-electron chi connectivity index (χ2n) is 7.50. The van der Waals surface area contributed by atoms with Gasteiger partial charge in [0.05, 0.1) is 5.60 Å². The van der Waals surface area contributed by atoms with Crippen LogP contribution < -0.4 is 5.32 Å². The van der Waals surface area contributed by atoms with Gasteiger partial charge in [-0.2, -0.15) is 0 Å². The van der Waals surface area contributed by atoms with Crippen molar-refractivity contribution < 1.29 is 24.3 Å². The van der Waals surface area contributed by atoms with Crippen molar-refractivity contribution in [3.63, 3.8) is 0 Å². The zero-order chi connectivity index (χ0) is 19.3. The van der Waals surface area contributed by atoms with Crippen LogP contribution >= 0.6 is 0 Å². The Balaban J connectivity index is 2.07. The summed E-state index contributed by atoms with van der Waals surface area (Å²) >= 11 is 0. The fourth-order valence-electron chi connectivity index (χ4n) is 3.07. The number of carboxylic acid groups (broad SMARTS) is 1. The van der Waals surface area contributed by atoms with Gasteiger partial charge in [-0.1, -0.05) is 24.3 Å². The van der Waals surface area contributed by atoms with Gasteiger partial charge >= 0.3 is 5.97 Å². The predicted octanol–water partition coefficient (Wildman–Crippen LogP) is 1.69. The van der Waals surface area contributed by atoms with Crippen LogP contribution in [0.4, 0.5) is 0 Å². The molecule has 0 bridgehead atoms. The average molecular weight is 362 g/mol. The number of rotatable bonds is 8. The van der Waals surface area contributed by atoms with Gasteiger partial charge in [0.15, 0.2) is 0 Å². The number of carbonyl (C=O) groups is 3. The molecule has 1 aliphatic carbocycles. The minimum absolute atomic E-state index is 0.0182. The molecule has 2 amide bonds. The van der Waals surface area contributed by atoms with E-state index < -0.39 is 23.5 Å². The van der Waals surface area contributed by atoms with Crippen molar-refractivity contribution in [2.24, 2.45) is 0 Å². The number of benzene rings is 1. The number of aliphatic carboxylic acids is 1. The summed E-state index contributed by atoms with van der Waals surface area (Å²) in [5, 5.41) is 12.8. The molecule has 0 radical (unpaired) electrons. The summed E-state index contributed by atoms with van der Waals surface area (Å²) in [6.07, 6.45) is 1.61. The average Bonchev–Trinajstić information content (AvgIpc) is 2.94. The molecule has 1 aromatic rings. The van der Waals surface area contributed by atoms with E-state index in [4.69, 9.17) is 9.94 Å². The number of fused-ring (bicyclic) bond motifs is 1. The number of carbonyl (C=O) groups excluding carboxylic acids is 2. The SMILES string of the molecule is CC(C)(C)ON(C=O)[C@@H](CCC(=O)O)C(=O)NC1Cc2ccccc2C1. The van der Waals surface area contributed by atoms with Crippen LogP contribution in [-0.4, -0.2) is 46.1 Å². The Hall–Kier alpha value is -2.41. The highest BCUT2D eigenvalue weighted by atomic mass is 16.7. The molecule has 0 heterocycles. The summed E-state index contributed by atoms with van der Waals surface area (Å²) < 4.78 is 0. The molecule has 0 aromatic heterocycles. The van der Waals surface area contributed by atoms with E-state index >= 15 is 0 Å². The van der Waals surface area contributed by atoms with E-state index in [0.29, 0.717) is 6.41 Å². The summed E-state index contributed by atoms with van der Waals surface area (Å²) in [5.41, 5.74) is 1.70. The molecule has 1 aliphatic rings. The molecule has 1 atom stereocenters. The summed E-state index contributed by atoms with van der Waals surface area (Å²) in [6.45, 7) is 5.26. The van der Waals surface area contributed by atoms with Crippen LogP contribution in [-0.2, 0) is 32.1 Å². The summed E-state index contributed by atoms with van der Waals surface area (Å²) in [4.78, 5) is 40.7. The van der Waals surface area contributed by atoms with E-state index in [1.807, 2.05) is 24.3 Å². The second-order valence-corrected chi connectivity index (χ2v) is 7.50. The molecular weight excluding hydrogens is 336 g/mol. The van der Waals surface area contributed by atoms with Gasteiger partial charge in [0.2, 0.25) is 12.3 Å². The molecule has 7 heteroatoms. The molecule has 142 valence electrons. The Morgan fingerprint density at radius 2 is 1.88 bits per heavy atom. The Morgan fingerprint density at radius 3 is 2.35 bits per heavy atom. The molecule has 0 saturated heterocycles. The van der Waals surface area contributed by atoms with Crippen molar-refractivity contribution in [1.29, 1.82) is 0 Å². The molecule has 7 nitrogen and oxygen atoms in total. The third kappa shape index (κ3) is 5.56. The Kier molecular flexibility index (Phi) is 6.37. The van der Waals surface area contributed by atoms with Crippen molar-refractivity contribution in [2.45, 2.75) is 64.1 Å². The molecule has 0 aliphatic heterocycles. The lowest BCUT2D eigenvalue weighted by Gasteiger charge is -2.32.